The first-order chi connectivity index (χ1) is 7.68. The van der Waals surface area contributed by atoms with Gasteiger partial charge in [-0.1, -0.05) is 0 Å². The zero-order valence-electron chi connectivity index (χ0n) is 9.26. The average Bonchev–Trinajstić information content (AvgIpc) is 2.29. The lowest BCUT2D eigenvalue weighted by atomic mass is 10.2. The van der Waals surface area contributed by atoms with Gasteiger partial charge >= 0.3 is 0 Å². The molecule has 6 nitrogen and oxygen atoms in total. The highest BCUT2D eigenvalue weighted by Gasteiger charge is 2.15. The Morgan fingerprint density at radius 2 is 2.00 bits per heavy atom. The molecule has 1 aromatic rings. The molecule has 17 heavy (non-hydrogen) atoms. The lowest BCUT2D eigenvalue weighted by Gasteiger charge is -2.29. The van der Waals surface area contributed by atoms with Crippen molar-refractivity contribution in [3.8, 4) is 0 Å². The van der Waals surface area contributed by atoms with Gasteiger partial charge in [-0.3, -0.25) is 14.8 Å². The van der Waals surface area contributed by atoms with Crippen LogP contribution in [-0.4, -0.2) is 31.1 Å². The summed E-state index contributed by atoms with van der Waals surface area (Å²) in [7, 11) is 0. The normalized spacial score (nSPS) is 15.2. The Labute approximate surface area is 97.9 Å². The van der Waals surface area contributed by atoms with Crippen molar-refractivity contribution in [1.82, 2.24) is 5.32 Å². The van der Waals surface area contributed by atoms with Crippen LogP contribution >= 0.6 is 0 Å². The molecule has 2 rings (SSSR count). The molecule has 1 saturated heterocycles. The van der Waals surface area contributed by atoms with Crippen molar-refractivity contribution in [1.29, 1.82) is 0 Å². The predicted octanol–water partition coefficient (Wildman–Crippen LogP) is 0.739. The molecule has 0 bridgehead atoms. The number of halogens is 1. The molecule has 1 aromatic carbocycles. The number of nitro groups is 1. The van der Waals surface area contributed by atoms with Crippen molar-refractivity contribution in [2.24, 2.45) is 0 Å². The summed E-state index contributed by atoms with van der Waals surface area (Å²) in [5, 5.41) is 13.9. The molecule has 3 N–H and O–H groups in total. The van der Waals surface area contributed by atoms with Crippen molar-refractivity contribution in [3.05, 3.63) is 28.3 Å². The van der Waals surface area contributed by atoms with Gasteiger partial charge in [0.25, 0.3) is 5.69 Å². The van der Waals surface area contributed by atoms with Crippen LogP contribution in [0.15, 0.2) is 18.2 Å². The van der Waals surface area contributed by atoms with Gasteiger partial charge in [-0.25, -0.2) is 0 Å². The second-order valence-corrected chi connectivity index (χ2v) is 3.74. The van der Waals surface area contributed by atoms with E-state index in [0.717, 1.165) is 31.9 Å². The molecule has 0 aromatic heterocycles. The number of hydrogen-bond acceptors (Lipinski definition) is 5. The lowest BCUT2D eigenvalue weighted by molar-refractivity contribution is -0.383. The van der Waals surface area contributed by atoms with Crippen LogP contribution in [0.3, 0.4) is 0 Å². The monoisotopic (exact) mass is 242 g/mol. The van der Waals surface area contributed by atoms with Crippen LogP contribution in [0.2, 0.25) is 0 Å². The summed E-state index contributed by atoms with van der Waals surface area (Å²) in [4.78, 5) is 12.3. The number of piperazine rings is 1. The van der Waals surface area contributed by atoms with Gasteiger partial charge in [0.2, 0.25) is 0 Å². The molecule has 1 aliphatic rings. The van der Waals surface area contributed by atoms with Crippen molar-refractivity contribution in [3.63, 3.8) is 0 Å². The third-order valence-corrected chi connectivity index (χ3v) is 2.69. The fraction of sp³-hybridized carbons (Fsp3) is 0.400. The van der Waals surface area contributed by atoms with Crippen LogP contribution in [0.25, 0.3) is 0 Å². The van der Waals surface area contributed by atoms with Crippen LogP contribution in [-0.2, 0) is 0 Å². The van der Waals surface area contributed by atoms with E-state index in [2.05, 4.69) is 10.2 Å². The Bertz CT molecular complexity index is 407. The molecule has 1 heterocycles. The minimum absolute atomic E-state index is 0. The average molecular weight is 242 g/mol. The summed E-state index contributed by atoms with van der Waals surface area (Å²) >= 11 is 0. The van der Waals surface area contributed by atoms with Gasteiger partial charge < -0.3 is 16.0 Å². The molecule has 0 atom stereocenters. The quantitative estimate of drug-likeness (QED) is 0.454. The van der Waals surface area contributed by atoms with E-state index in [-0.39, 0.29) is 16.1 Å². The van der Waals surface area contributed by atoms with Gasteiger partial charge in [-0.05, 0) is 12.1 Å². The molecule has 0 unspecified atom stereocenters. The predicted molar refractivity (Wildman–Crippen MR) is 65.1 cm³/mol. The molecule has 0 aliphatic carbocycles. The van der Waals surface area contributed by atoms with Gasteiger partial charge in [0.1, 0.15) is 5.69 Å². The Balaban J connectivity index is 0.00000144. The van der Waals surface area contributed by atoms with E-state index in [9.17, 15) is 10.1 Å². The zero-order chi connectivity index (χ0) is 11.5. The third-order valence-electron chi connectivity index (χ3n) is 2.69. The standard InChI is InChI=1S/C10H14N4O2.FH/c11-9-7-8(1-2-10(9)14(15)16)13-5-3-12-4-6-13;/h1-2,7,12H,3-6,11H2;1H. The molecule has 1 fully saturated rings. The fourth-order valence-electron chi connectivity index (χ4n) is 1.83. The molecule has 94 valence electrons. The third kappa shape index (κ3) is 2.82. The molecule has 1 aliphatic heterocycles. The summed E-state index contributed by atoms with van der Waals surface area (Å²) in [6.45, 7) is 3.66. The smallest absolute Gasteiger partial charge is 0.292 e. The number of hydrogen-bond donors (Lipinski definition) is 2. The van der Waals surface area contributed by atoms with Crippen LogP contribution < -0.4 is 16.0 Å². The van der Waals surface area contributed by atoms with E-state index >= 15 is 0 Å². The summed E-state index contributed by atoms with van der Waals surface area (Å²) in [5.41, 5.74) is 6.79. The maximum Gasteiger partial charge on any atom is 0.292 e. The zero-order valence-corrected chi connectivity index (χ0v) is 9.26. The SMILES string of the molecule is F.Nc1cc(N2CCNCC2)ccc1[N+](=O)[O-]. The van der Waals surface area contributed by atoms with Gasteiger partial charge in [0.15, 0.2) is 0 Å². The van der Waals surface area contributed by atoms with E-state index in [4.69, 9.17) is 5.73 Å². The summed E-state index contributed by atoms with van der Waals surface area (Å²) < 4.78 is 0. The van der Waals surface area contributed by atoms with Crippen molar-refractivity contribution in [2.75, 3.05) is 36.8 Å². The Kier molecular flexibility index (Phi) is 4.22. The minimum Gasteiger partial charge on any atom is -0.393 e. The second-order valence-electron chi connectivity index (χ2n) is 3.74. The Morgan fingerprint density at radius 3 is 2.53 bits per heavy atom. The molecular weight excluding hydrogens is 227 g/mol. The number of anilines is 2. The lowest BCUT2D eigenvalue weighted by Crippen LogP contribution is -2.43. The Morgan fingerprint density at radius 1 is 1.35 bits per heavy atom. The number of nitrogens with two attached hydrogens (primary N) is 1. The highest BCUT2D eigenvalue weighted by molar-refractivity contribution is 5.66. The van der Waals surface area contributed by atoms with Crippen LogP contribution in [0.4, 0.5) is 21.8 Å². The second kappa shape index (κ2) is 5.44. The topological polar surface area (TPSA) is 84.4 Å². The number of rotatable bonds is 2. The van der Waals surface area contributed by atoms with Crippen LogP contribution in [0, 0.1) is 10.1 Å². The van der Waals surface area contributed by atoms with Gasteiger partial charge in [0, 0.05) is 37.9 Å². The van der Waals surface area contributed by atoms with E-state index in [0.29, 0.717) is 0 Å². The minimum atomic E-state index is -0.461. The number of nitrogens with one attached hydrogen (secondary N) is 1. The number of nitro benzene ring substituents is 1. The van der Waals surface area contributed by atoms with Gasteiger partial charge in [-0.2, -0.15) is 0 Å². The first kappa shape index (κ1) is 13.2. The highest BCUT2D eigenvalue weighted by Crippen LogP contribution is 2.26. The highest BCUT2D eigenvalue weighted by atomic mass is 19.0. The summed E-state index contributed by atoms with van der Waals surface area (Å²) in [6, 6.07) is 4.88. The van der Waals surface area contributed by atoms with E-state index in [1.54, 1.807) is 12.1 Å². The number of benzene rings is 1. The molecular formula is C10H15FN4O2. The molecule has 0 spiro atoms. The largest absolute Gasteiger partial charge is 0.393 e. The molecule has 0 amide bonds. The Hall–Kier alpha value is -1.89. The number of nitrogen functional groups attached to an aromatic ring is 1. The van der Waals surface area contributed by atoms with Gasteiger partial charge in [-0.15, -0.1) is 0 Å². The van der Waals surface area contributed by atoms with Crippen LogP contribution in [0.1, 0.15) is 0 Å². The van der Waals surface area contributed by atoms with E-state index < -0.39 is 4.92 Å². The van der Waals surface area contributed by atoms with Crippen molar-refractivity contribution < 1.29 is 9.63 Å². The first-order valence-electron chi connectivity index (χ1n) is 5.18. The maximum atomic E-state index is 10.6. The van der Waals surface area contributed by atoms with E-state index in [1.807, 2.05) is 0 Å². The first-order valence-corrected chi connectivity index (χ1v) is 5.18. The van der Waals surface area contributed by atoms with E-state index in [1.165, 1.54) is 6.07 Å². The fourth-order valence-corrected chi connectivity index (χ4v) is 1.83. The maximum absolute atomic E-state index is 10.6. The molecule has 7 heteroatoms. The summed E-state index contributed by atoms with van der Waals surface area (Å²) in [6.07, 6.45) is 0. The van der Waals surface area contributed by atoms with Gasteiger partial charge in [0.05, 0.1) is 4.92 Å². The molecule has 0 saturated carbocycles. The molecule has 0 radical (unpaired) electrons. The summed E-state index contributed by atoms with van der Waals surface area (Å²) in [5.74, 6) is 0. The van der Waals surface area contributed by atoms with Crippen LogP contribution in [0.5, 0.6) is 0 Å². The van der Waals surface area contributed by atoms with Crippen molar-refractivity contribution >= 4 is 17.1 Å². The van der Waals surface area contributed by atoms with Crippen molar-refractivity contribution in [2.45, 2.75) is 0 Å². The number of nitrogens with zero attached hydrogens (tertiary/aromatic N) is 2.